The monoisotopic (exact) mass is 344 g/mol. The summed E-state index contributed by atoms with van der Waals surface area (Å²) >= 11 is 10.8. The Morgan fingerprint density at radius 3 is 2.83 bits per heavy atom. The van der Waals surface area contributed by atoms with Crippen molar-refractivity contribution in [3.8, 4) is 0 Å². The molecular weight excluding hydrogens is 336 g/mol. The largest absolute Gasteiger partial charge is 0.383 e. The van der Waals surface area contributed by atoms with Crippen LogP contribution in [0.1, 0.15) is 0 Å². The zero-order valence-corrected chi connectivity index (χ0v) is 12.6. The molecule has 3 N–H and O–H groups in total. The number of nitrogen functional groups attached to an aromatic ring is 1. The predicted octanol–water partition coefficient (Wildman–Crippen LogP) is 3.94. The predicted molar refractivity (Wildman–Crippen MR) is 80.7 cm³/mol. The summed E-state index contributed by atoms with van der Waals surface area (Å²) in [5.74, 6) is 1.06. The van der Waals surface area contributed by atoms with E-state index in [1.54, 1.807) is 12.1 Å². The fraction of sp³-hybridized carbons (Fsp3) is 0.0909. The highest BCUT2D eigenvalue weighted by atomic mass is 79.9. The fourth-order valence-corrected chi connectivity index (χ4v) is 2.23. The first-order chi connectivity index (χ1) is 8.58. The van der Waals surface area contributed by atoms with Crippen LogP contribution in [0, 0.1) is 0 Å². The maximum Gasteiger partial charge on any atom is 0.191 e. The molecule has 0 radical (unpaired) electrons. The number of benzene rings is 1. The van der Waals surface area contributed by atoms with Crippen molar-refractivity contribution in [1.82, 2.24) is 9.97 Å². The second-order valence-electron chi connectivity index (χ2n) is 3.41. The van der Waals surface area contributed by atoms with E-state index in [0.29, 0.717) is 21.8 Å². The smallest absolute Gasteiger partial charge is 0.191 e. The van der Waals surface area contributed by atoms with Crippen molar-refractivity contribution in [3.63, 3.8) is 0 Å². The van der Waals surface area contributed by atoms with Crippen LogP contribution >= 0.6 is 39.3 Å². The summed E-state index contributed by atoms with van der Waals surface area (Å²) in [6, 6.07) is 7.15. The summed E-state index contributed by atoms with van der Waals surface area (Å²) in [6.45, 7) is 0. The minimum atomic E-state index is 0.426. The Morgan fingerprint density at radius 1 is 1.33 bits per heavy atom. The van der Waals surface area contributed by atoms with Crippen molar-refractivity contribution >= 4 is 56.6 Å². The van der Waals surface area contributed by atoms with E-state index in [1.807, 2.05) is 18.4 Å². The van der Waals surface area contributed by atoms with Crippen molar-refractivity contribution in [2.45, 2.75) is 5.16 Å². The van der Waals surface area contributed by atoms with Crippen molar-refractivity contribution in [1.29, 1.82) is 0 Å². The first-order valence-corrected chi connectivity index (χ1v) is 7.38. The van der Waals surface area contributed by atoms with Gasteiger partial charge in [-0.1, -0.05) is 23.4 Å². The van der Waals surface area contributed by atoms with Gasteiger partial charge in [-0.2, -0.15) is 0 Å². The minimum absolute atomic E-state index is 0.426. The molecule has 4 nitrogen and oxygen atoms in total. The van der Waals surface area contributed by atoms with Crippen LogP contribution in [0.25, 0.3) is 0 Å². The van der Waals surface area contributed by atoms with Crippen molar-refractivity contribution in [2.75, 3.05) is 17.3 Å². The highest BCUT2D eigenvalue weighted by molar-refractivity contribution is 9.10. The molecule has 7 heteroatoms. The summed E-state index contributed by atoms with van der Waals surface area (Å²) in [5, 5.41) is 4.42. The highest BCUT2D eigenvalue weighted by Gasteiger charge is 2.05. The van der Waals surface area contributed by atoms with Gasteiger partial charge in [-0.25, -0.2) is 9.97 Å². The molecule has 1 heterocycles. The third kappa shape index (κ3) is 3.28. The molecular formula is C11H10BrClN4S. The number of anilines is 3. The molecule has 2 aromatic rings. The van der Waals surface area contributed by atoms with E-state index in [-0.39, 0.29) is 0 Å². The van der Waals surface area contributed by atoms with Crippen LogP contribution in [0.5, 0.6) is 0 Å². The van der Waals surface area contributed by atoms with Crippen LogP contribution in [0.4, 0.5) is 17.3 Å². The minimum Gasteiger partial charge on any atom is -0.383 e. The van der Waals surface area contributed by atoms with Gasteiger partial charge in [-0.3, -0.25) is 0 Å². The quantitative estimate of drug-likeness (QED) is 0.651. The Labute approximate surface area is 122 Å². The Hall–Kier alpha value is -0.980. The molecule has 0 bridgehead atoms. The summed E-state index contributed by atoms with van der Waals surface area (Å²) in [7, 11) is 0. The SMILES string of the molecule is CSc1nc(N)cc(Nc2cc(Cl)ccc2Br)n1. The van der Waals surface area contributed by atoms with Crippen molar-refractivity contribution in [2.24, 2.45) is 0 Å². The molecule has 0 saturated carbocycles. The molecule has 0 aliphatic heterocycles. The Morgan fingerprint density at radius 2 is 2.11 bits per heavy atom. The Bertz CT molecular complexity index is 579. The zero-order chi connectivity index (χ0) is 13.1. The lowest BCUT2D eigenvalue weighted by Gasteiger charge is -2.09. The molecule has 0 unspecified atom stereocenters. The normalized spacial score (nSPS) is 10.4. The van der Waals surface area contributed by atoms with E-state index in [2.05, 4.69) is 31.2 Å². The van der Waals surface area contributed by atoms with E-state index in [4.69, 9.17) is 17.3 Å². The lowest BCUT2D eigenvalue weighted by atomic mass is 10.3. The molecule has 94 valence electrons. The number of nitrogens with zero attached hydrogens (tertiary/aromatic N) is 2. The molecule has 2 rings (SSSR count). The van der Waals surface area contributed by atoms with E-state index >= 15 is 0 Å². The second-order valence-corrected chi connectivity index (χ2v) is 5.48. The molecule has 0 fully saturated rings. The van der Waals surface area contributed by atoms with Gasteiger partial charge in [0.05, 0.1) is 5.69 Å². The van der Waals surface area contributed by atoms with Crippen LogP contribution in [0.2, 0.25) is 5.02 Å². The number of rotatable bonds is 3. The topological polar surface area (TPSA) is 63.8 Å². The third-order valence-corrected chi connectivity index (χ3v) is 3.57. The van der Waals surface area contributed by atoms with E-state index < -0.39 is 0 Å². The van der Waals surface area contributed by atoms with E-state index in [1.165, 1.54) is 11.8 Å². The maximum atomic E-state index is 5.95. The average Bonchev–Trinajstić information content (AvgIpc) is 2.33. The third-order valence-electron chi connectivity index (χ3n) is 2.10. The first-order valence-electron chi connectivity index (χ1n) is 4.99. The molecule has 0 saturated heterocycles. The Kier molecular flexibility index (Phi) is 4.31. The average molecular weight is 346 g/mol. The summed E-state index contributed by atoms with van der Waals surface area (Å²) in [4.78, 5) is 8.40. The van der Waals surface area contributed by atoms with Crippen LogP contribution in [0.15, 0.2) is 33.9 Å². The molecule has 0 atom stereocenters. The van der Waals surface area contributed by atoms with Gasteiger partial charge in [0.1, 0.15) is 11.6 Å². The van der Waals surface area contributed by atoms with Gasteiger partial charge in [0, 0.05) is 15.6 Å². The summed E-state index contributed by atoms with van der Waals surface area (Å²) in [5.41, 5.74) is 6.54. The zero-order valence-electron chi connectivity index (χ0n) is 9.45. The maximum absolute atomic E-state index is 5.95. The summed E-state index contributed by atoms with van der Waals surface area (Å²) in [6.07, 6.45) is 1.90. The molecule has 18 heavy (non-hydrogen) atoms. The van der Waals surface area contributed by atoms with Crippen molar-refractivity contribution in [3.05, 3.63) is 33.8 Å². The van der Waals surface area contributed by atoms with E-state index in [9.17, 15) is 0 Å². The van der Waals surface area contributed by atoms with Crippen LogP contribution in [-0.2, 0) is 0 Å². The van der Waals surface area contributed by atoms with Gasteiger partial charge in [0.2, 0.25) is 0 Å². The van der Waals surface area contributed by atoms with Gasteiger partial charge in [0.25, 0.3) is 0 Å². The molecule has 1 aromatic carbocycles. The number of halogens is 2. The molecule has 0 spiro atoms. The molecule has 0 aliphatic rings. The number of hydrogen-bond acceptors (Lipinski definition) is 5. The van der Waals surface area contributed by atoms with E-state index in [0.717, 1.165) is 10.2 Å². The fourth-order valence-electron chi connectivity index (χ4n) is 1.33. The lowest BCUT2D eigenvalue weighted by Crippen LogP contribution is -2.00. The number of nitrogens with one attached hydrogen (secondary N) is 1. The number of hydrogen-bond donors (Lipinski definition) is 2. The van der Waals surface area contributed by atoms with Gasteiger partial charge < -0.3 is 11.1 Å². The Balaban J connectivity index is 2.33. The van der Waals surface area contributed by atoms with Crippen LogP contribution < -0.4 is 11.1 Å². The van der Waals surface area contributed by atoms with Gasteiger partial charge in [-0.05, 0) is 40.4 Å². The second kappa shape index (κ2) is 5.77. The summed E-state index contributed by atoms with van der Waals surface area (Å²) < 4.78 is 0.898. The molecule has 0 aliphatic carbocycles. The molecule has 0 amide bonds. The van der Waals surface area contributed by atoms with Crippen LogP contribution in [-0.4, -0.2) is 16.2 Å². The standard InChI is InChI=1S/C11H10BrClN4S/c1-18-11-16-9(14)5-10(17-11)15-8-4-6(13)2-3-7(8)12/h2-5H,1H3,(H3,14,15,16,17). The number of thioether (sulfide) groups is 1. The first kappa shape index (κ1) is 13.5. The lowest BCUT2D eigenvalue weighted by molar-refractivity contribution is 0.984. The van der Waals surface area contributed by atoms with Gasteiger partial charge in [0.15, 0.2) is 5.16 Å². The van der Waals surface area contributed by atoms with Crippen molar-refractivity contribution < 1.29 is 0 Å². The van der Waals surface area contributed by atoms with Gasteiger partial charge >= 0.3 is 0 Å². The molecule has 1 aromatic heterocycles. The number of aromatic nitrogens is 2. The van der Waals surface area contributed by atoms with Gasteiger partial charge in [-0.15, -0.1) is 0 Å². The highest BCUT2D eigenvalue weighted by Crippen LogP contribution is 2.29. The number of nitrogens with two attached hydrogens (primary N) is 1. The van der Waals surface area contributed by atoms with Crippen LogP contribution in [0.3, 0.4) is 0 Å².